The SMILES string of the molecule is CCOCC(NN)c1ccc(C)c(OC)c1. The number of methoxy groups -OCH3 is 1. The lowest BCUT2D eigenvalue weighted by molar-refractivity contribution is 0.123. The first kappa shape index (κ1) is 13.0. The first-order valence-corrected chi connectivity index (χ1v) is 5.41. The summed E-state index contributed by atoms with van der Waals surface area (Å²) in [6.07, 6.45) is 0. The van der Waals surface area contributed by atoms with E-state index >= 15 is 0 Å². The molecule has 0 spiro atoms. The smallest absolute Gasteiger partial charge is 0.122 e. The quantitative estimate of drug-likeness (QED) is 0.568. The molecular weight excluding hydrogens is 204 g/mol. The zero-order chi connectivity index (χ0) is 12.0. The molecule has 16 heavy (non-hydrogen) atoms. The van der Waals surface area contributed by atoms with Crippen LogP contribution in [0.2, 0.25) is 0 Å². The van der Waals surface area contributed by atoms with Crippen LogP contribution in [-0.2, 0) is 4.74 Å². The molecule has 1 aromatic rings. The highest BCUT2D eigenvalue weighted by molar-refractivity contribution is 5.37. The summed E-state index contributed by atoms with van der Waals surface area (Å²) in [5.41, 5.74) is 4.92. The van der Waals surface area contributed by atoms with Crippen LogP contribution in [0.1, 0.15) is 24.1 Å². The molecule has 0 heterocycles. The molecule has 0 aliphatic rings. The minimum absolute atomic E-state index is 0.00514. The molecule has 0 amide bonds. The third-order valence-corrected chi connectivity index (χ3v) is 2.52. The summed E-state index contributed by atoms with van der Waals surface area (Å²) in [4.78, 5) is 0. The van der Waals surface area contributed by atoms with E-state index in [0.29, 0.717) is 13.2 Å². The van der Waals surface area contributed by atoms with Gasteiger partial charge in [0.25, 0.3) is 0 Å². The highest BCUT2D eigenvalue weighted by Gasteiger charge is 2.11. The second-order valence-corrected chi connectivity index (χ2v) is 3.61. The Morgan fingerprint density at radius 3 is 2.75 bits per heavy atom. The molecule has 1 atom stereocenters. The van der Waals surface area contributed by atoms with Gasteiger partial charge in [-0.2, -0.15) is 0 Å². The normalized spacial score (nSPS) is 12.5. The van der Waals surface area contributed by atoms with Gasteiger partial charge in [-0.3, -0.25) is 11.3 Å². The molecule has 0 saturated carbocycles. The van der Waals surface area contributed by atoms with Crippen molar-refractivity contribution in [2.75, 3.05) is 20.3 Å². The summed E-state index contributed by atoms with van der Waals surface area (Å²) in [6, 6.07) is 6.03. The summed E-state index contributed by atoms with van der Waals surface area (Å²) in [5.74, 6) is 6.37. The first-order chi connectivity index (χ1) is 7.72. The van der Waals surface area contributed by atoms with Gasteiger partial charge in [-0.05, 0) is 31.0 Å². The van der Waals surface area contributed by atoms with Gasteiger partial charge in [-0.25, -0.2) is 0 Å². The number of hydrazine groups is 1. The summed E-state index contributed by atoms with van der Waals surface area (Å²) >= 11 is 0. The Balaban J connectivity index is 2.83. The molecular formula is C12H20N2O2. The van der Waals surface area contributed by atoms with Gasteiger partial charge in [0, 0.05) is 6.61 Å². The number of nitrogens with two attached hydrogens (primary N) is 1. The number of hydrogen-bond donors (Lipinski definition) is 2. The zero-order valence-corrected chi connectivity index (χ0v) is 10.1. The predicted molar refractivity (Wildman–Crippen MR) is 64.3 cm³/mol. The number of hydrogen-bond acceptors (Lipinski definition) is 4. The molecule has 0 aromatic heterocycles. The van der Waals surface area contributed by atoms with Crippen molar-refractivity contribution >= 4 is 0 Å². The van der Waals surface area contributed by atoms with Crippen molar-refractivity contribution in [1.29, 1.82) is 0 Å². The molecule has 0 saturated heterocycles. The van der Waals surface area contributed by atoms with Gasteiger partial charge in [0.05, 0.1) is 19.8 Å². The Labute approximate surface area is 96.7 Å². The van der Waals surface area contributed by atoms with E-state index in [4.69, 9.17) is 15.3 Å². The van der Waals surface area contributed by atoms with Gasteiger partial charge in [-0.1, -0.05) is 12.1 Å². The van der Waals surface area contributed by atoms with Gasteiger partial charge in [0.1, 0.15) is 5.75 Å². The third-order valence-electron chi connectivity index (χ3n) is 2.52. The maximum atomic E-state index is 5.50. The van der Waals surface area contributed by atoms with Crippen LogP contribution < -0.4 is 16.0 Å². The van der Waals surface area contributed by atoms with Crippen molar-refractivity contribution in [3.05, 3.63) is 29.3 Å². The van der Waals surface area contributed by atoms with Crippen molar-refractivity contribution in [1.82, 2.24) is 5.43 Å². The Morgan fingerprint density at radius 1 is 1.44 bits per heavy atom. The number of benzene rings is 1. The Hall–Kier alpha value is -1.10. The molecule has 1 unspecified atom stereocenters. The van der Waals surface area contributed by atoms with E-state index < -0.39 is 0 Å². The minimum atomic E-state index is -0.00514. The topological polar surface area (TPSA) is 56.5 Å². The lowest BCUT2D eigenvalue weighted by Gasteiger charge is -2.17. The van der Waals surface area contributed by atoms with Gasteiger partial charge in [-0.15, -0.1) is 0 Å². The van der Waals surface area contributed by atoms with Gasteiger partial charge in [0.2, 0.25) is 0 Å². The van der Waals surface area contributed by atoms with Crippen molar-refractivity contribution in [2.45, 2.75) is 19.9 Å². The fraction of sp³-hybridized carbons (Fsp3) is 0.500. The molecule has 1 rings (SSSR count). The van der Waals surface area contributed by atoms with E-state index in [1.54, 1.807) is 7.11 Å². The Bertz CT molecular complexity index is 329. The summed E-state index contributed by atoms with van der Waals surface area (Å²) in [6.45, 7) is 5.21. The lowest BCUT2D eigenvalue weighted by Crippen LogP contribution is -2.31. The molecule has 0 aliphatic carbocycles. The molecule has 0 radical (unpaired) electrons. The second kappa shape index (κ2) is 6.48. The van der Waals surface area contributed by atoms with Crippen LogP contribution in [0.3, 0.4) is 0 Å². The number of aryl methyl sites for hydroxylation is 1. The fourth-order valence-electron chi connectivity index (χ4n) is 1.53. The lowest BCUT2D eigenvalue weighted by atomic mass is 10.1. The molecule has 0 fully saturated rings. The Morgan fingerprint density at radius 2 is 2.19 bits per heavy atom. The van der Waals surface area contributed by atoms with Crippen molar-refractivity contribution in [3.8, 4) is 5.75 Å². The van der Waals surface area contributed by atoms with E-state index in [1.165, 1.54) is 0 Å². The number of ether oxygens (including phenoxy) is 2. The van der Waals surface area contributed by atoms with Crippen LogP contribution in [0, 0.1) is 6.92 Å². The van der Waals surface area contributed by atoms with Crippen LogP contribution in [0.25, 0.3) is 0 Å². The predicted octanol–water partition coefficient (Wildman–Crippen LogP) is 1.54. The monoisotopic (exact) mass is 224 g/mol. The number of rotatable bonds is 6. The molecule has 90 valence electrons. The molecule has 3 N–H and O–H groups in total. The third kappa shape index (κ3) is 3.20. The fourth-order valence-corrected chi connectivity index (χ4v) is 1.53. The molecule has 4 heteroatoms. The highest BCUT2D eigenvalue weighted by Crippen LogP contribution is 2.23. The summed E-state index contributed by atoms with van der Waals surface area (Å²) < 4.78 is 10.6. The summed E-state index contributed by atoms with van der Waals surface area (Å²) in [5, 5.41) is 0. The maximum absolute atomic E-state index is 5.50. The van der Waals surface area contributed by atoms with Gasteiger partial charge in [0.15, 0.2) is 0 Å². The van der Waals surface area contributed by atoms with E-state index in [9.17, 15) is 0 Å². The first-order valence-electron chi connectivity index (χ1n) is 5.41. The molecule has 4 nitrogen and oxygen atoms in total. The average Bonchev–Trinajstić information content (AvgIpc) is 2.32. The molecule has 0 aliphatic heterocycles. The second-order valence-electron chi connectivity index (χ2n) is 3.61. The van der Waals surface area contributed by atoms with Crippen LogP contribution >= 0.6 is 0 Å². The van der Waals surface area contributed by atoms with Crippen molar-refractivity contribution in [3.63, 3.8) is 0 Å². The van der Waals surface area contributed by atoms with E-state index in [2.05, 4.69) is 5.43 Å². The molecule has 1 aromatic carbocycles. The van der Waals surface area contributed by atoms with E-state index in [1.807, 2.05) is 32.0 Å². The minimum Gasteiger partial charge on any atom is -0.496 e. The van der Waals surface area contributed by atoms with Crippen LogP contribution in [0.4, 0.5) is 0 Å². The van der Waals surface area contributed by atoms with Crippen molar-refractivity contribution < 1.29 is 9.47 Å². The van der Waals surface area contributed by atoms with E-state index in [0.717, 1.165) is 16.9 Å². The van der Waals surface area contributed by atoms with Crippen LogP contribution in [-0.4, -0.2) is 20.3 Å². The highest BCUT2D eigenvalue weighted by atomic mass is 16.5. The molecule has 0 bridgehead atoms. The van der Waals surface area contributed by atoms with Crippen LogP contribution in [0.5, 0.6) is 5.75 Å². The van der Waals surface area contributed by atoms with Gasteiger partial charge >= 0.3 is 0 Å². The Kier molecular flexibility index (Phi) is 5.25. The average molecular weight is 224 g/mol. The largest absolute Gasteiger partial charge is 0.496 e. The zero-order valence-electron chi connectivity index (χ0n) is 10.1. The van der Waals surface area contributed by atoms with E-state index in [-0.39, 0.29) is 6.04 Å². The maximum Gasteiger partial charge on any atom is 0.122 e. The summed E-state index contributed by atoms with van der Waals surface area (Å²) in [7, 11) is 1.67. The van der Waals surface area contributed by atoms with Crippen molar-refractivity contribution in [2.24, 2.45) is 5.84 Å². The van der Waals surface area contributed by atoms with Crippen LogP contribution in [0.15, 0.2) is 18.2 Å². The standard InChI is InChI=1S/C12H20N2O2/c1-4-16-8-11(14-13)10-6-5-9(2)12(7-10)15-3/h5-7,11,14H,4,8,13H2,1-3H3. The van der Waals surface area contributed by atoms with Gasteiger partial charge < -0.3 is 9.47 Å². The number of nitrogens with one attached hydrogen (secondary N) is 1.